The number of nitrogen functional groups attached to an aromatic ring is 1. The Kier molecular flexibility index (Phi) is 4.64. The zero-order chi connectivity index (χ0) is 15.6. The fourth-order valence-corrected chi connectivity index (χ4v) is 2.51. The van der Waals surface area contributed by atoms with Crippen LogP contribution in [0.2, 0.25) is 5.02 Å². The molecule has 0 saturated heterocycles. The van der Waals surface area contributed by atoms with Gasteiger partial charge in [-0.25, -0.2) is 0 Å². The SMILES string of the molecule is Nc1c(Cl)cc([N+](=O)[O-])cc1C(=O)N(CCO)C1CCC1. The zero-order valence-corrected chi connectivity index (χ0v) is 12.0. The van der Waals surface area contributed by atoms with Crippen LogP contribution < -0.4 is 5.73 Å². The third-order valence-corrected chi connectivity index (χ3v) is 3.99. The van der Waals surface area contributed by atoms with Crippen molar-refractivity contribution in [2.75, 3.05) is 18.9 Å². The number of non-ortho nitro benzene ring substituents is 1. The molecule has 7 nitrogen and oxygen atoms in total. The quantitative estimate of drug-likeness (QED) is 0.489. The summed E-state index contributed by atoms with van der Waals surface area (Å²) in [5.41, 5.74) is 5.53. The van der Waals surface area contributed by atoms with Gasteiger partial charge in [0.1, 0.15) is 0 Å². The summed E-state index contributed by atoms with van der Waals surface area (Å²) in [6.07, 6.45) is 2.73. The number of anilines is 1. The summed E-state index contributed by atoms with van der Waals surface area (Å²) in [5.74, 6) is -0.433. The number of hydrogen-bond acceptors (Lipinski definition) is 5. The highest BCUT2D eigenvalue weighted by Crippen LogP contribution is 2.32. The Morgan fingerprint density at radius 2 is 2.19 bits per heavy atom. The lowest BCUT2D eigenvalue weighted by molar-refractivity contribution is -0.384. The monoisotopic (exact) mass is 313 g/mol. The van der Waals surface area contributed by atoms with E-state index in [-0.39, 0.29) is 41.2 Å². The number of carbonyl (C=O) groups is 1. The highest BCUT2D eigenvalue weighted by molar-refractivity contribution is 6.34. The second-order valence-corrected chi connectivity index (χ2v) is 5.36. The molecule has 0 unspecified atom stereocenters. The number of hydrogen-bond donors (Lipinski definition) is 2. The van der Waals surface area contributed by atoms with E-state index in [2.05, 4.69) is 0 Å². The lowest BCUT2D eigenvalue weighted by Gasteiger charge is -2.37. The molecule has 21 heavy (non-hydrogen) atoms. The van der Waals surface area contributed by atoms with Gasteiger partial charge in [-0.15, -0.1) is 0 Å². The van der Waals surface area contributed by atoms with Crippen LogP contribution in [0, 0.1) is 10.1 Å². The Morgan fingerprint density at radius 1 is 1.52 bits per heavy atom. The lowest BCUT2D eigenvalue weighted by atomic mass is 9.91. The molecular formula is C13H16ClN3O4. The van der Waals surface area contributed by atoms with Gasteiger partial charge in [0.2, 0.25) is 0 Å². The van der Waals surface area contributed by atoms with Crippen molar-refractivity contribution in [3.8, 4) is 0 Å². The average molecular weight is 314 g/mol. The van der Waals surface area contributed by atoms with E-state index in [1.54, 1.807) is 0 Å². The van der Waals surface area contributed by atoms with Gasteiger partial charge in [-0.05, 0) is 19.3 Å². The van der Waals surface area contributed by atoms with Crippen LogP contribution in [0.1, 0.15) is 29.6 Å². The second kappa shape index (κ2) is 6.28. The summed E-state index contributed by atoms with van der Waals surface area (Å²) in [6, 6.07) is 2.29. The first-order chi connectivity index (χ1) is 9.95. The normalized spacial score (nSPS) is 14.6. The van der Waals surface area contributed by atoms with Crippen molar-refractivity contribution in [3.63, 3.8) is 0 Å². The van der Waals surface area contributed by atoms with Crippen LogP contribution in [0.15, 0.2) is 12.1 Å². The van der Waals surface area contributed by atoms with Crippen molar-refractivity contribution in [1.82, 2.24) is 4.90 Å². The molecule has 0 radical (unpaired) electrons. The van der Waals surface area contributed by atoms with Crippen LogP contribution >= 0.6 is 11.6 Å². The van der Waals surface area contributed by atoms with E-state index < -0.39 is 10.8 Å². The van der Waals surface area contributed by atoms with E-state index in [1.807, 2.05) is 0 Å². The first-order valence-electron chi connectivity index (χ1n) is 6.61. The number of nitrogens with zero attached hydrogens (tertiary/aromatic N) is 2. The van der Waals surface area contributed by atoms with Crippen LogP contribution in [-0.2, 0) is 0 Å². The Balaban J connectivity index is 2.38. The Morgan fingerprint density at radius 3 is 2.67 bits per heavy atom. The van der Waals surface area contributed by atoms with Crippen molar-refractivity contribution >= 4 is 28.9 Å². The van der Waals surface area contributed by atoms with Gasteiger partial charge in [-0.1, -0.05) is 11.6 Å². The number of aliphatic hydroxyl groups is 1. The molecule has 8 heteroatoms. The van der Waals surface area contributed by atoms with Crippen LogP contribution in [0.25, 0.3) is 0 Å². The fourth-order valence-electron chi connectivity index (χ4n) is 2.30. The fraction of sp³-hybridized carbons (Fsp3) is 0.462. The van der Waals surface area contributed by atoms with Crippen molar-refractivity contribution < 1.29 is 14.8 Å². The van der Waals surface area contributed by atoms with Crippen LogP contribution in [0.4, 0.5) is 11.4 Å². The molecule has 1 aromatic carbocycles. The summed E-state index contributed by atoms with van der Waals surface area (Å²) in [4.78, 5) is 24.3. The van der Waals surface area contributed by atoms with E-state index in [1.165, 1.54) is 4.90 Å². The van der Waals surface area contributed by atoms with Crippen LogP contribution in [0.5, 0.6) is 0 Å². The number of benzene rings is 1. The van der Waals surface area contributed by atoms with Gasteiger partial charge in [-0.3, -0.25) is 14.9 Å². The Labute approximate surface area is 126 Å². The maximum atomic E-state index is 12.6. The molecule has 1 aromatic rings. The number of aliphatic hydroxyl groups excluding tert-OH is 1. The molecule has 0 spiro atoms. The van der Waals surface area contributed by atoms with Crippen LogP contribution in [0.3, 0.4) is 0 Å². The molecule has 0 aromatic heterocycles. The van der Waals surface area contributed by atoms with E-state index in [9.17, 15) is 14.9 Å². The topological polar surface area (TPSA) is 110 Å². The Hall–Kier alpha value is -1.86. The van der Waals surface area contributed by atoms with Crippen molar-refractivity contribution in [3.05, 3.63) is 32.8 Å². The molecule has 3 N–H and O–H groups in total. The highest BCUT2D eigenvalue weighted by Gasteiger charge is 2.31. The number of carbonyl (C=O) groups excluding carboxylic acids is 1. The number of amides is 1. The number of rotatable bonds is 5. The number of nitro groups is 1. The Bertz CT molecular complexity index is 575. The smallest absolute Gasteiger partial charge is 0.271 e. The van der Waals surface area contributed by atoms with Gasteiger partial charge in [0.15, 0.2) is 0 Å². The van der Waals surface area contributed by atoms with Crippen molar-refractivity contribution in [1.29, 1.82) is 0 Å². The predicted octanol–water partition coefficient (Wildman–Crippen LogP) is 1.82. The third kappa shape index (κ3) is 3.08. The molecule has 1 amide bonds. The molecule has 2 rings (SSSR count). The van der Waals surface area contributed by atoms with Gasteiger partial charge >= 0.3 is 0 Å². The average Bonchev–Trinajstić information content (AvgIpc) is 2.38. The summed E-state index contributed by atoms with van der Waals surface area (Å²) >= 11 is 5.87. The predicted molar refractivity (Wildman–Crippen MR) is 78.3 cm³/mol. The van der Waals surface area contributed by atoms with E-state index in [4.69, 9.17) is 22.4 Å². The van der Waals surface area contributed by atoms with Gasteiger partial charge in [-0.2, -0.15) is 0 Å². The van der Waals surface area contributed by atoms with E-state index >= 15 is 0 Å². The minimum Gasteiger partial charge on any atom is -0.397 e. The number of nitro benzene ring substituents is 1. The number of halogens is 1. The molecule has 1 aliphatic carbocycles. The van der Waals surface area contributed by atoms with Crippen LogP contribution in [-0.4, -0.2) is 40.0 Å². The summed E-state index contributed by atoms with van der Waals surface area (Å²) in [5, 5.41) is 20.0. The van der Waals surface area contributed by atoms with E-state index in [0.717, 1.165) is 31.4 Å². The van der Waals surface area contributed by atoms with E-state index in [0.29, 0.717) is 0 Å². The van der Waals surface area contributed by atoms with Crippen molar-refractivity contribution in [2.24, 2.45) is 0 Å². The highest BCUT2D eigenvalue weighted by atomic mass is 35.5. The molecule has 0 heterocycles. The first kappa shape index (κ1) is 15.5. The van der Waals surface area contributed by atoms with Gasteiger partial charge in [0, 0.05) is 24.7 Å². The molecule has 1 saturated carbocycles. The van der Waals surface area contributed by atoms with Gasteiger partial charge < -0.3 is 15.7 Å². The molecule has 0 bridgehead atoms. The molecule has 114 valence electrons. The second-order valence-electron chi connectivity index (χ2n) is 4.95. The van der Waals surface area contributed by atoms with Crippen molar-refractivity contribution in [2.45, 2.75) is 25.3 Å². The molecule has 0 aliphatic heterocycles. The maximum absolute atomic E-state index is 12.6. The molecule has 1 fully saturated rings. The minimum absolute atomic E-state index is 0.00884. The summed E-state index contributed by atoms with van der Waals surface area (Å²) in [6.45, 7) is -0.00590. The van der Waals surface area contributed by atoms with Gasteiger partial charge in [0.05, 0.1) is 27.8 Å². The summed E-state index contributed by atoms with van der Waals surface area (Å²) < 4.78 is 0. The van der Waals surface area contributed by atoms with Gasteiger partial charge in [0.25, 0.3) is 11.6 Å². The minimum atomic E-state index is -0.623. The molecular weight excluding hydrogens is 298 g/mol. The third-order valence-electron chi connectivity index (χ3n) is 3.67. The molecule has 1 aliphatic rings. The first-order valence-corrected chi connectivity index (χ1v) is 6.98. The standard InChI is InChI=1S/C13H16ClN3O4/c14-11-7-9(17(20)21)6-10(12(11)15)13(19)16(4-5-18)8-2-1-3-8/h6-8,18H,1-5,15H2. The summed E-state index contributed by atoms with van der Waals surface area (Å²) in [7, 11) is 0. The maximum Gasteiger partial charge on any atom is 0.271 e. The molecule has 0 atom stereocenters. The zero-order valence-electron chi connectivity index (χ0n) is 11.3. The lowest BCUT2D eigenvalue weighted by Crippen LogP contribution is -2.45. The number of nitrogens with two attached hydrogens (primary N) is 1. The largest absolute Gasteiger partial charge is 0.397 e.